The van der Waals surface area contributed by atoms with Crippen LogP contribution >= 0.6 is 12.0 Å². The third-order valence-corrected chi connectivity index (χ3v) is 1.68. The van der Waals surface area contributed by atoms with Gasteiger partial charge in [-0.15, -0.1) is 4.33 Å². The molecular formula is C6H10F2O6S. The average molecular weight is 248 g/mol. The minimum atomic E-state index is -3.98. The molecule has 2 N–H and O–H groups in total. The van der Waals surface area contributed by atoms with Gasteiger partial charge in [0, 0.05) is 6.42 Å². The van der Waals surface area contributed by atoms with Crippen molar-refractivity contribution >= 4 is 18.0 Å². The van der Waals surface area contributed by atoms with E-state index in [4.69, 9.17) is 10.4 Å². The van der Waals surface area contributed by atoms with Crippen molar-refractivity contribution in [3.8, 4) is 0 Å². The number of esters is 1. The van der Waals surface area contributed by atoms with Gasteiger partial charge in [-0.3, -0.25) is 0 Å². The number of aliphatic hydroxyl groups excluding tert-OH is 1. The highest BCUT2D eigenvalue weighted by Gasteiger charge is 2.44. The van der Waals surface area contributed by atoms with Crippen molar-refractivity contribution in [2.24, 2.45) is 0 Å². The fourth-order valence-electron chi connectivity index (χ4n) is 0.498. The summed E-state index contributed by atoms with van der Waals surface area (Å²) in [5.41, 5.74) is 0. The Kier molecular flexibility index (Phi) is 6.68. The lowest BCUT2D eigenvalue weighted by atomic mass is 10.3. The monoisotopic (exact) mass is 248 g/mol. The maximum Gasteiger partial charge on any atom is 0.415 e. The molecule has 0 radical (unpaired) electrons. The Morgan fingerprint density at radius 2 is 2.20 bits per heavy atom. The van der Waals surface area contributed by atoms with E-state index in [1.165, 1.54) is 6.92 Å². The lowest BCUT2D eigenvalue weighted by Gasteiger charge is -2.12. The van der Waals surface area contributed by atoms with Crippen LogP contribution < -0.4 is 0 Å². The summed E-state index contributed by atoms with van der Waals surface area (Å²) in [4.78, 5) is 10.7. The maximum absolute atomic E-state index is 12.6. The van der Waals surface area contributed by atoms with Gasteiger partial charge >= 0.3 is 11.2 Å². The molecule has 0 spiro atoms. The first kappa shape index (κ1) is 14.5. The Bertz CT molecular complexity index is 200. The van der Waals surface area contributed by atoms with Crippen molar-refractivity contribution in [3.05, 3.63) is 0 Å². The van der Waals surface area contributed by atoms with Gasteiger partial charge in [-0.25, -0.2) is 10.1 Å². The fraction of sp³-hybridized carbons (Fsp3) is 0.833. The SMILES string of the molecule is CC(O)CCOC(=O)C(F)(F)SOOO. The first-order valence-electron chi connectivity index (χ1n) is 3.79. The largest absolute Gasteiger partial charge is 0.460 e. The highest BCUT2D eigenvalue weighted by atomic mass is 32.2. The van der Waals surface area contributed by atoms with Crippen LogP contribution in [0.15, 0.2) is 0 Å². The van der Waals surface area contributed by atoms with Crippen LogP contribution in [0.25, 0.3) is 0 Å². The van der Waals surface area contributed by atoms with Gasteiger partial charge in [0.05, 0.1) is 12.7 Å². The van der Waals surface area contributed by atoms with Gasteiger partial charge in [0.1, 0.15) is 12.0 Å². The maximum atomic E-state index is 12.6. The molecule has 0 aromatic rings. The minimum Gasteiger partial charge on any atom is -0.460 e. The van der Waals surface area contributed by atoms with E-state index in [1.807, 2.05) is 0 Å². The Labute approximate surface area is 88.2 Å². The number of alkyl halides is 2. The number of hydrogen-bond donors (Lipinski definition) is 2. The molecule has 1 unspecified atom stereocenters. The quantitative estimate of drug-likeness (QED) is 0.300. The molecule has 0 heterocycles. The molecule has 0 aliphatic heterocycles. The lowest BCUT2D eigenvalue weighted by Crippen LogP contribution is -2.28. The van der Waals surface area contributed by atoms with E-state index >= 15 is 0 Å². The molecule has 0 aliphatic rings. The molecule has 1 atom stereocenters. The lowest BCUT2D eigenvalue weighted by molar-refractivity contribution is -0.433. The molecule has 0 aromatic carbocycles. The van der Waals surface area contributed by atoms with Gasteiger partial charge < -0.3 is 9.84 Å². The average Bonchev–Trinajstić information content (AvgIpc) is 2.14. The predicted octanol–water partition coefficient (Wildman–Crippen LogP) is 0.963. The number of rotatable bonds is 7. The third-order valence-electron chi connectivity index (χ3n) is 1.18. The molecule has 0 saturated carbocycles. The number of hydrogen-bond acceptors (Lipinski definition) is 7. The predicted molar refractivity (Wildman–Crippen MR) is 44.6 cm³/mol. The number of ether oxygens (including phenoxy) is 1. The molecule has 0 amide bonds. The second-order valence-corrected chi connectivity index (χ2v) is 3.33. The van der Waals surface area contributed by atoms with E-state index in [9.17, 15) is 13.6 Å². The summed E-state index contributed by atoms with van der Waals surface area (Å²) < 4.78 is 32.8. The summed E-state index contributed by atoms with van der Waals surface area (Å²) in [6.07, 6.45) is -0.708. The molecule has 0 aliphatic carbocycles. The van der Waals surface area contributed by atoms with Crippen LogP contribution in [0.4, 0.5) is 8.78 Å². The summed E-state index contributed by atoms with van der Waals surface area (Å²) in [7, 11) is 0. The topological polar surface area (TPSA) is 85.2 Å². The number of carbonyl (C=O) groups is 1. The van der Waals surface area contributed by atoms with Crippen LogP contribution in [0.5, 0.6) is 0 Å². The highest BCUT2D eigenvalue weighted by Crippen LogP contribution is 2.31. The van der Waals surface area contributed by atoms with Crippen molar-refractivity contribution in [1.29, 1.82) is 0 Å². The standard InChI is InChI=1S/C6H10F2O6S/c1-4(9)2-3-12-5(10)6(7,8)15-14-13-11/h4,9,11H,2-3H2,1H3. The summed E-state index contributed by atoms with van der Waals surface area (Å²) in [5, 5.41) is 15.3. The summed E-state index contributed by atoms with van der Waals surface area (Å²) in [6.45, 7) is 1.08. The minimum absolute atomic E-state index is 0.0455. The van der Waals surface area contributed by atoms with Gasteiger partial charge in [-0.05, 0) is 6.92 Å². The zero-order chi connectivity index (χ0) is 11.9. The van der Waals surface area contributed by atoms with Crippen LogP contribution in [0.3, 0.4) is 0 Å². The van der Waals surface area contributed by atoms with E-state index in [0.717, 1.165) is 0 Å². The van der Waals surface area contributed by atoms with E-state index < -0.39 is 29.4 Å². The van der Waals surface area contributed by atoms with Crippen molar-refractivity contribution in [2.45, 2.75) is 24.7 Å². The van der Waals surface area contributed by atoms with Crippen LogP contribution in [-0.4, -0.2) is 34.3 Å². The summed E-state index contributed by atoms with van der Waals surface area (Å²) >= 11 is -0.697. The fourth-order valence-corrected chi connectivity index (χ4v) is 0.741. The number of carbonyl (C=O) groups excluding carboxylic acids is 1. The van der Waals surface area contributed by atoms with Gasteiger partial charge in [0.25, 0.3) is 0 Å². The van der Waals surface area contributed by atoms with Gasteiger partial charge in [-0.1, -0.05) is 5.04 Å². The molecule has 90 valence electrons. The molecule has 0 aromatic heterocycles. The molecule has 6 nitrogen and oxygen atoms in total. The smallest absolute Gasteiger partial charge is 0.415 e. The highest BCUT2D eigenvalue weighted by molar-refractivity contribution is 7.96. The Morgan fingerprint density at radius 1 is 1.60 bits per heavy atom. The van der Waals surface area contributed by atoms with Crippen molar-refractivity contribution in [2.75, 3.05) is 6.61 Å². The second-order valence-electron chi connectivity index (χ2n) is 2.52. The van der Waals surface area contributed by atoms with E-state index in [0.29, 0.717) is 0 Å². The number of aliphatic hydroxyl groups is 1. The zero-order valence-corrected chi connectivity index (χ0v) is 8.50. The molecule has 9 heteroatoms. The first-order valence-corrected chi connectivity index (χ1v) is 4.53. The van der Waals surface area contributed by atoms with Crippen LogP contribution in [-0.2, 0) is 18.9 Å². The molecule has 0 rings (SSSR count). The van der Waals surface area contributed by atoms with E-state index in [2.05, 4.69) is 14.1 Å². The van der Waals surface area contributed by atoms with Crippen molar-refractivity contribution in [3.63, 3.8) is 0 Å². The Morgan fingerprint density at radius 3 is 2.67 bits per heavy atom. The number of halogens is 2. The Balaban J connectivity index is 3.85. The van der Waals surface area contributed by atoms with Gasteiger partial charge in [0.15, 0.2) is 0 Å². The molecule has 0 saturated heterocycles. The Hall–Kier alpha value is -0.480. The van der Waals surface area contributed by atoms with Crippen LogP contribution in [0, 0.1) is 0 Å². The van der Waals surface area contributed by atoms with Gasteiger partial charge in [0.2, 0.25) is 0 Å². The van der Waals surface area contributed by atoms with E-state index in [-0.39, 0.29) is 13.0 Å². The molecule has 0 bridgehead atoms. The zero-order valence-electron chi connectivity index (χ0n) is 7.68. The normalized spacial score (nSPS) is 13.7. The molecule has 15 heavy (non-hydrogen) atoms. The van der Waals surface area contributed by atoms with Crippen molar-refractivity contribution < 1.29 is 38.0 Å². The molecular weight excluding hydrogens is 238 g/mol. The van der Waals surface area contributed by atoms with Crippen LogP contribution in [0.2, 0.25) is 0 Å². The first-order chi connectivity index (χ1) is 6.90. The second kappa shape index (κ2) is 6.90. The van der Waals surface area contributed by atoms with Gasteiger partial charge in [-0.2, -0.15) is 8.78 Å². The summed E-state index contributed by atoms with van der Waals surface area (Å²) in [6, 6.07) is 0. The van der Waals surface area contributed by atoms with E-state index in [1.54, 1.807) is 0 Å². The third kappa shape index (κ3) is 6.57. The summed E-state index contributed by atoms with van der Waals surface area (Å²) in [5.74, 6) is -1.84. The van der Waals surface area contributed by atoms with Crippen molar-refractivity contribution in [1.82, 2.24) is 0 Å². The van der Waals surface area contributed by atoms with Crippen LogP contribution in [0.1, 0.15) is 13.3 Å². The molecule has 0 fully saturated rings.